The fraction of sp³-hybridized carbons (Fsp3) is 0.588. The fourth-order valence-electron chi connectivity index (χ4n) is 3.16. The van der Waals surface area contributed by atoms with E-state index in [1.165, 1.54) is 0 Å². The first-order valence-electron chi connectivity index (χ1n) is 7.82. The molecule has 130 valence electrons. The summed E-state index contributed by atoms with van der Waals surface area (Å²) in [6.07, 6.45) is 4.24. The van der Waals surface area contributed by atoms with Crippen LogP contribution in [0.4, 0.5) is 0 Å². The topological polar surface area (TPSA) is 73.6 Å². The van der Waals surface area contributed by atoms with Crippen molar-refractivity contribution >= 4 is 18.3 Å². The van der Waals surface area contributed by atoms with Gasteiger partial charge in [-0.3, -0.25) is 4.79 Å². The number of rotatable bonds is 7. The zero-order valence-electron chi connectivity index (χ0n) is 13.8. The van der Waals surface area contributed by atoms with E-state index in [4.69, 9.17) is 15.2 Å². The molecule has 1 aliphatic carbocycles. The van der Waals surface area contributed by atoms with Crippen molar-refractivity contribution in [2.24, 2.45) is 5.73 Å². The number of halogens is 1. The van der Waals surface area contributed by atoms with E-state index < -0.39 is 0 Å². The highest BCUT2D eigenvalue weighted by Crippen LogP contribution is 2.39. The molecule has 1 aromatic carbocycles. The molecule has 0 radical (unpaired) electrons. The zero-order chi connectivity index (χ0) is 16.0. The van der Waals surface area contributed by atoms with Gasteiger partial charge < -0.3 is 20.5 Å². The number of amides is 1. The molecule has 1 fully saturated rings. The van der Waals surface area contributed by atoms with Crippen LogP contribution in [-0.2, 0) is 15.1 Å². The number of methoxy groups -OCH3 is 2. The first kappa shape index (κ1) is 19.7. The smallest absolute Gasteiger partial charge is 0.223 e. The maximum atomic E-state index is 12.4. The minimum atomic E-state index is -0.268. The largest absolute Gasteiger partial charge is 0.497 e. The van der Waals surface area contributed by atoms with Gasteiger partial charge in [0.05, 0.1) is 25.2 Å². The van der Waals surface area contributed by atoms with Crippen molar-refractivity contribution in [3.8, 4) is 5.75 Å². The minimum Gasteiger partial charge on any atom is -0.497 e. The average molecular weight is 343 g/mol. The number of ether oxygens (including phenoxy) is 2. The van der Waals surface area contributed by atoms with E-state index >= 15 is 0 Å². The molecule has 1 aromatic rings. The Kier molecular flexibility index (Phi) is 7.82. The van der Waals surface area contributed by atoms with Crippen LogP contribution in [0.1, 0.15) is 37.7 Å². The van der Waals surface area contributed by atoms with Crippen LogP contribution in [0, 0.1) is 0 Å². The number of carbonyl (C=O) groups is 1. The molecule has 1 unspecified atom stereocenters. The first-order chi connectivity index (χ1) is 10.6. The number of hydrogen-bond donors (Lipinski definition) is 2. The molecule has 0 spiro atoms. The Morgan fingerprint density at radius 1 is 1.26 bits per heavy atom. The average Bonchev–Trinajstić information content (AvgIpc) is 3.02. The maximum Gasteiger partial charge on any atom is 0.223 e. The van der Waals surface area contributed by atoms with Gasteiger partial charge in [0, 0.05) is 13.7 Å². The second-order valence-electron chi connectivity index (χ2n) is 5.86. The van der Waals surface area contributed by atoms with Gasteiger partial charge in [0.15, 0.2) is 0 Å². The fourth-order valence-corrected chi connectivity index (χ4v) is 3.16. The summed E-state index contributed by atoms with van der Waals surface area (Å²) in [7, 11) is 3.24. The Hall–Kier alpha value is -1.30. The molecule has 1 saturated carbocycles. The van der Waals surface area contributed by atoms with Crippen LogP contribution < -0.4 is 15.8 Å². The van der Waals surface area contributed by atoms with Gasteiger partial charge in [0.2, 0.25) is 5.91 Å². The summed E-state index contributed by atoms with van der Waals surface area (Å²) in [5.41, 5.74) is 6.47. The van der Waals surface area contributed by atoms with Crippen LogP contribution in [0.5, 0.6) is 5.75 Å². The summed E-state index contributed by atoms with van der Waals surface area (Å²) in [4.78, 5) is 12.4. The Labute approximate surface area is 144 Å². The van der Waals surface area contributed by atoms with E-state index in [1.807, 2.05) is 24.3 Å². The molecule has 1 atom stereocenters. The monoisotopic (exact) mass is 342 g/mol. The number of nitrogens with one attached hydrogen (secondary N) is 1. The van der Waals surface area contributed by atoms with Crippen LogP contribution in [-0.4, -0.2) is 32.8 Å². The van der Waals surface area contributed by atoms with E-state index in [1.54, 1.807) is 14.2 Å². The van der Waals surface area contributed by atoms with Gasteiger partial charge in [0.1, 0.15) is 5.75 Å². The standard InChI is InChI=1S/C17H26N2O3.ClH/c1-21-14-7-5-13(6-8-14)17(9-3-4-10-17)19-16(20)11-15(12-18)22-2;/h5-8,15H,3-4,9-12,18H2,1-2H3,(H,19,20);1H. The van der Waals surface area contributed by atoms with Crippen molar-refractivity contribution in [1.82, 2.24) is 5.32 Å². The van der Waals surface area contributed by atoms with Gasteiger partial charge in [0.25, 0.3) is 0 Å². The molecule has 0 saturated heterocycles. The van der Waals surface area contributed by atoms with Gasteiger partial charge in [-0.15, -0.1) is 12.4 Å². The summed E-state index contributed by atoms with van der Waals surface area (Å²) in [6.45, 7) is 0.347. The van der Waals surface area contributed by atoms with Gasteiger partial charge in [-0.2, -0.15) is 0 Å². The van der Waals surface area contributed by atoms with E-state index in [2.05, 4.69) is 5.32 Å². The quantitative estimate of drug-likeness (QED) is 0.797. The summed E-state index contributed by atoms with van der Waals surface area (Å²) < 4.78 is 10.4. The number of benzene rings is 1. The highest BCUT2D eigenvalue weighted by molar-refractivity contribution is 5.85. The van der Waals surface area contributed by atoms with Gasteiger partial charge in [-0.1, -0.05) is 25.0 Å². The van der Waals surface area contributed by atoms with Crippen LogP contribution in [0.25, 0.3) is 0 Å². The predicted molar refractivity (Wildman–Crippen MR) is 93.0 cm³/mol. The van der Waals surface area contributed by atoms with Crippen LogP contribution >= 0.6 is 12.4 Å². The lowest BCUT2D eigenvalue weighted by Gasteiger charge is -2.32. The molecule has 0 aromatic heterocycles. The third-order valence-corrected chi connectivity index (χ3v) is 4.49. The first-order valence-corrected chi connectivity index (χ1v) is 7.82. The molecule has 23 heavy (non-hydrogen) atoms. The van der Waals surface area contributed by atoms with E-state index in [-0.39, 0.29) is 30.0 Å². The van der Waals surface area contributed by atoms with Crippen molar-refractivity contribution in [2.75, 3.05) is 20.8 Å². The van der Waals surface area contributed by atoms with Crippen LogP contribution in [0.2, 0.25) is 0 Å². The van der Waals surface area contributed by atoms with Gasteiger partial charge in [-0.25, -0.2) is 0 Å². The zero-order valence-corrected chi connectivity index (χ0v) is 14.7. The predicted octanol–water partition coefficient (Wildman–Crippen LogP) is 2.37. The van der Waals surface area contributed by atoms with Crippen molar-refractivity contribution in [3.63, 3.8) is 0 Å². The molecule has 6 heteroatoms. The van der Waals surface area contributed by atoms with E-state index in [0.29, 0.717) is 13.0 Å². The summed E-state index contributed by atoms with van der Waals surface area (Å²) >= 11 is 0. The third-order valence-electron chi connectivity index (χ3n) is 4.49. The van der Waals surface area contributed by atoms with Crippen molar-refractivity contribution in [2.45, 2.75) is 43.7 Å². The molecule has 3 N–H and O–H groups in total. The number of hydrogen-bond acceptors (Lipinski definition) is 4. The Morgan fingerprint density at radius 3 is 2.35 bits per heavy atom. The molecule has 0 aliphatic heterocycles. The molecular formula is C17H27ClN2O3. The lowest BCUT2D eigenvalue weighted by Crippen LogP contribution is -2.45. The molecular weight excluding hydrogens is 316 g/mol. The molecule has 2 rings (SSSR count). The highest BCUT2D eigenvalue weighted by Gasteiger charge is 2.37. The molecule has 0 heterocycles. The molecule has 0 bridgehead atoms. The van der Waals surface area contributed by atoms with Gasteiger partial charge >= 0.3 is 0 Å². The number of nitrogens with two attached hydrogens (primary N) is 1. The SMILES string of the molecule is COc1ccc(C2(NC(=O)CC(CN)OC)CCCC2)cc1.Cl. The van der Waals surface area contributed by atoms with E-state index in [0.717, 1.165) is 37.0 Å². The highest BCUT2D eigenvalue weighted by atomic mass is 35.5. The summed E-state index contributed by atoms with van der Waals surface area (Å²) in [6, 6.07) is 7.97. The van der Waals surface area contributed by atoms with Crippen LogP contribution in [0.3, 0.4) is 0 Å². The Bertz CT molecular complexity index is 483. The second-order valence-corrected chi connectivity index (χ2v) is 5.86. The van der Waals surface area contributed by atoms with Crippen LogP contribution in [0.15, 0.2) is 24.3 Å². The summed E-state index contributed by atoms with van der Waals surface area (Å²) in [5.74, 6) is 0.820. The van der Waals surface area contributed by atoms with Crippen molar-refractivity contribution in [1.29, 1.82) is 0 Å². The van der Waals surface area contributed by atoms with Crippen molar-refractivity contribution in [3.05, 3.63) is 29.8 Å². The van der Waals surface area contributed by atoms with Crippen molar-refractivity contribution < 1.29 is 14.3 Å². The molecule has 5 nitrogen and oxygen atoms in total. The Balaban J connectivity index is 0.00000264. The maximum absolute atomic E-state index is 12.4. The molecule has 1 aliphatic rings. The third kappa shape index (κ3) is 4.83. The van der Waals surface area contributed by atoms with E-state index in [9.17, 15) is 4.79 Å². The molecule has 1 amide bonds. The lowest BCUT2D eigenvalue weighted by molar-refractivity contribution is -0.125. The van der Waals surface area contributed by atoms with Gasteiger partial charge in [-0.05, 0) is 30.5 Å². The summed E-state index contributed by atoms with van der Waals surface area (Å²) in [5, 5.41) is 3.23. The second kappa shape index (κ2) is 9.11. The Morgan fingerprint density at radius 2 is 1.87 bits per heavy atom. The minimum absolute atomic E-state index is 0. The lowest BCUT2D eigenvalue weighted by atomic mass is 9.87. The normalized spacial score (nSPS) is 17.2. The number of carbonyl (C=O) groups excluding carboxylic acids is 1.